The Kier molecular flexibility index (Phi) is 22.2. The van der Waals surface area contributed by atoms with Crippen molar-refractivity contribution in [3.63, 3.8) is 0 Å². The van der Waals surface area contributed by atoms with Crippen molar-refractivity contribution >= 4 is 5.78 Å². The van der Waals surface area contributed by atoms with Crippen molar-refractivity contribution in [3.8, 4) is 87.6 Å². The van der Waals surface area contributed by atoms with Crippen LogP contribution in [0, 0.1) is 58.7 Å². The number of ether oxygens (including phenoxy) is 4. The highest BCUT2D eigenvalue weighted by molar-refractivity contribution is 6.21. The first kappa shape index (κ1) is 55.7. The molecule has 6 aromatic carbocycles. The van der Waals surface area contributed by atoms with E-state index in [2.05, 4.69) is 81.1 Å². The average Bonchev–Trinajstić information content (AvgIpc) is 3.75. The topological polar surface area (TPSA) is 77.8 Å². The van der Waals surface area contributed by atoms with E-state index in [1.54, 1.807) is 12.1 Å². The van der Waals surface area contributed by atoms with E-state index in [1.807, 2.05) is 103 Å². The molecule has 0 atom stereocenters. The molecule has 0 heterocycles. The molecule has 6 heteroatoms. The maximum absolute atomic E-state index is 13.9. The summed E-state index contributed by atoms with van der Waals surface area (Å²) in [6.45, 7) is 11.1. The van der Waals surface area contributed by atoms with Crippen molar-refractivity contribution in [2.75, 3.05) is 26.4 Å². The predicted molar refractivity (Wildman–Crippen MR) is 308 cm³/mol. The lowest BCUT2D eigenvalue weighted by Crippen LogP contribution is -2.03. The molecule has 0 aromatic heterocycles. The minimum atomic E-state index is -0.0205. The molecule has 6 nitrogen and oxygen atoms in total. The van der Waals surface area contributed by atoms with Gasteiger partial charge < -0.3 is 18.9 Å². The standard InChI is InChI=1S/C70H71NO5/c1-5-9-13-20-42-73-66-50-60(68(75-44-22-15-11-7-3)48-58(66)36-30-53-24-18-17-19-25-53)38-32-55-34-40-62-64(46-55)65-47-56(35-41-63(65)70(62)72)33-39-61-51-67(74-43-21-14-10-6-2)59(49-69(61)76-45-23-16-12-8-4)37-31-54-26-28-57(52-71)29-27-54/h17-19,24-29,34-35,40-41,46-51H,5-16,20-23,42-45H2,1-4H3. The highest BCUT2D eigenvalue weighted by Gasteiger charge is 2.27. The Morgan fingerprint density at radius 3 is 0.987 bits per heavy atom. The van der Waals surface area contributed by atoms with Crippen LogP contribution in [0.2, 0.25) is 0 Å². The highest BCUT2D eigenvalue weighted by Crippen LogP contribution is 2.38. The van der Waals surface area contributed by atoms with Crippen molar-refractivity contribution < 1.29 is 23.7 Å². The molecule has 0 saturated carbocycles. The first-order valence-electron chi connectivity index (χ1n) is 27.7. The summed E-state index contributed by atoms with van der Waals surface area (Å²) in [5.74, 6) is 29.6. The number of benzene rings is 6. The summed E-state index contributed by atoms with van der Waals surface area (Å²) >= 11 is 0. The molecule has 0 aliphatic heterocycles. The largest absolute Gasteiger partial charge is 0.492 e. The van der Waals surface area contributed by atoms with E-state index in [9.17, 15) is 10.1 Å². The third-order valence-electron chi connectivity index (χ3n) is 13.2. The van der Waals surface area contributed by atoms with Gasteiger partial charge in [-0.1, -0.05) is 170 Å². The summed E-state index contributed by atoms with van der Waals surface area (Å²) in [5.41, 5.74) is 9.65. The van der Waals surface area contributed by atoms with E-state index in [0.29, 0.717) is 77.2 Å². The molecule has 7 rings (SSSR count). The Hall–Kier alpha value is -8.08. The van der Waals surface area contributed by atoms with Crippen LogP contribution in [-0.4, -0.2) is 32.2 Å². The van der Waals surface area contributed by atoms with Gasteiger partial charge in [-0.2, -0.15) is 5.26 Å². The fraction of sp³-hybridized carbons (Fsp3) is 0.343. The van der Waals surface area contributed by atoms with E-state index < -0.39 is 0 Å². The Balaban J connectivity index is 1.22. The quantitative estimate of drug-likeness (QED) is 0.0443. The van der Waals surface area contributed by atoms with Gasteiger partial charge in [-0.15, -0.1) is 0 Å². The fourth-order valence-corrected chi connectivity index (χ4v) is 8.77. The van der Waals surface area contributed by atoms with Crippen LogP contribution in [0.4, 0.5) is 0 Å². The number of nitrogens with zero attached hydrogens (tertiary/aromatic N) is 1. The summed E-state index contributed by atoms with van der Waals surface area (Å²) < 4.78 is 25.9. The second-order valence-corrected chi connectivity index (χ2v) is 19.2. The van der Waals surface area contributed by atoms with Crippen LogP contribution in [-0.2, 0) is 0 Å². The van der Waals surface area contributed by atoms with Gasteiger partial charge in [-0.3, -0.25) is 4.79 Å². The van der Waals surface area contributed by atoms with Gasteiger partial charge in [0.25, 0.3) is 0 Å². The maximum Gasteiger partial charge on any atom is 0.194 e. The molecule has 0 unspecified atom stereocenters. The van der Waals surface area contributed by atoms with Crippen LogP contribution in [0.3, 0.4) is 0 Å². The van der Waals surface area contributed by atoms with Gasteiger partial charge in [0.2, 0.25) is 0 Å². The molecule has 0 spiro atoms. The minimum Gasteiger partial charge on any atom is -0.492 e. The minimum absolute atomic E-state index is 0.0205. The Labute approximate surface area is 453 Å². The molecular formula is C70H71NO5. The smallest absolute Gasteiger partial charge is 0.194 e. The van der Waals surface area contributed by atoms with Crippen molar-refractivity contribution in [1.29, 1.82) is 5.26 Å². The molecule has 0 bridgehead atoms. The number of fused-ring (bicyclic) bond motifs is 3. The third kappa shape index (κ3) is 16.5. The molecule has 6 aromatic rings. The third-order valence-corrected chi connectivity index (χ3v) is 13.2. The molecular weight excluding hydrogens is 935 g/mol. The van der Waals surface area contributed by atoms with Crippen LogP contribution < -0.4 is 18.9 Å². The van der Waals surface area contributed by atoms with Crippen molar-refractivity contribution in [2.24, 2.45) is 0 Å². The van der Waals surface area contributed by atoms with E-state index in [4.69, 9.17) is 18.9 Å². The van der Waals surface area contributed by atoms with Crippen LogP contribution >= 0.6 is 0 Å². The van der Waals surface area contributed by atoms with Crippen LogP contribution in [0.5, 0.6) is 23.0 Å². The number of carbonyl (C=O) groups excluding carboxylic acids is 1. The predicted octanol–water partition coefficient (Wildman–Crippen LogP) is 16.2. The fourth-order valence-electron chi connectivity index (χ4n) is 8.77. The summed E-state index contributed by atoms with van der Waals surface area (Å²) in [4.78, 5) is 13.9. The Bertz CT molecular complexity index is 3200. The second-order valence-electron chi connectivity index (χ2n) is 19.2. The number of ketones is 1. The summed E-state index contributed by atoms with van der Waals surface area (Å²) in [7, 11) is 0. The number of rotatable bonds is 24. The van der Waals surface area contributed by atoms with Crippen molar-refractivity contribution in [2.45, 2.75) is 130 Å². The molecule has 0 radical (unpaired) electrons. The van der Waals surface area contributed by atoms with Gasteiger partial charge in [0.05, 0.1) is 60.3 Å². The molecule has 1 aliphatic rings. The van der Waals surface area contributed by atoms with Crippen molar-refractivity contribution in [1.82, 2.24) is 0 Å². The van der Waals surface area contributed by atoms with E-state index in [1.165, 1.54) is 0 Å². The molecule has 76 heavy (non-hydrogen) atoms. The highest BCUT2D eigenvalue weighted by atomic mass is 16.5. The van der Waals surface area contributed by atoms with E-state index >= 15 is 0 Å². The number of unbranched alkanes of at least 4 members (excludes halogenated alkanes) is 12. The lowest BCUT2D eigenvalue weighted by atomic mass is 10.0. The first-order valence-corrected chi connectivity index (χ1v) is 27.7. The number of hydrogen-bond acceptors (Lipinski definition) is 6. The van der Waals surface area contributed by atoms with Crippen LogP contribution in [0.15, 0.2) is 115 Å². The van der Waals surface area contributed by atoms with Gasteiger partial charge in [0.1, 0.15) is 23.0 Å². The normalized spacial score (nSPS) is 10.8. The van der Waals surface area contributed by atoms with E-state index in [-0.39, 0.29) is 5.78 Å². The van der Waals surface area contributed by atoms with Gasteiger partial charge >= 0.3 is 0 Å². The molecule has 386 valence electrons. The zero-order valence-electron chi connectivity index (χ0n) is 45.1. The monoisotopic (exact) mass is 1010 g/mol. The van der Waals surface area contributed by atoms with Gasteiger partial charge in [0, 0.05) is 57.6 Å². The van der Waals surface area contributed by atoms with Gasteiger partial charge in [-0.25, -0.2) is 0 Å². The number of nitriles is 1. The zero-order valence-corrected chi connectivity index (χ0v) is 45.1. The summed E-state index contributed by atoms with van der Waals surface area (Å²) in [6.07, 6.45) is 17.3. The number of carbonyl (C=O) groups is 1. The van der Waals surface area contributed by atoms with Gasteiger partial charge in [0.15, 0.2) is 5.78 Å². The van der Waals surface area contributed by atoms with Crippen LogP contribution in [0.25, 0.3) is 11.1 Å². The Morgan fingerprint density at radius 2 is 0.645 bits per heavy atom. The molecule has 1 aliphatic carbocycles. The maximum atomic E-state index is 13.9. The summed E-state index contributed by atoms with van der Waals surface area (Å²) in [6, 6.07) is 38.8. The second kappa shape index (κ2) is 30.3. The summed E-state index contributed by atoms with van der Waals surface area (Å²) in [5, 5.41) is 9.32. The molecule has 0 N–H and O–H groups in total. The Morgan fingerprint density at radius 1 is 0.329 bits per heavy atom. The zero-order chi connectivity index (χ0) is 53.2. The van der Waals surface area contributed by atoms with Crippen LogP contribution in [0.1, 0.15) is 196 Å². The first-order chi connectivity index (χ1) is 37.4. The molecule has 0 amide bonds. The van der Waals surface area contributed by atoms with E-state index in [0.717, 1.165) is 147 Å². The molecule has 0 fully saturated rings. The lowest BCUT2D eigenvalue weighted by molar-refractivity contribution is 0.104. The SMILES string of the molecule is CCCCCCOc1cc(C#Cc2ccc3c(c2)-c2cc(C#Cc4cc(OCCCCCC)c(C#Cc5ccc(C#N)cc5)cc4OCCCCCC)ccc2C3=O)c(OCCCCCC)cc1C#Cc1ccccc1. The average molecular weight is 1010 g/mol. The molecule has 0 saturated heterocycles. The van der Waals surface area contributed by atoms with Crippen molar-refractivity contribution in [3.05, 3.63) is 176 Å². The number of hydrogen-bond donors (Lipinski definition) is 0. The lowest BCUT2D eigenvalue weighted by Gasteiger charge is -2.14. The van der Waals surface area contributed by atoms with Gasteiger partial charge in [-0.05, 0) is 110 Å².